The fraction of sp³-hybridized carbons (Fsp3) is 0. The van der Waals surface area contributed by atoms with Crippen LogP contribution in [0, 0.1) is 0 Å². The maximum atomic E-state index is 9.43. The van der Waals surface area contributed by atoms with E-state index >= 15 is 0 Å². The highest BCUT2D eigenvalue weighted by Crippen LogP contribution is 2.50. The van der Waals surface area contributed by atoms with Crippen molar-refractivity contribution >= 4 is 179 Å². The Kier molecular flexibility index (Phi) is 13.6. The van der Waals surface area contributed by atoms with E-state index in [0.717, 1.165) is 32.0 Å². The third-order valence-corrected chi connectivity index (χ3v) is 21.6. The van der Waals surface area contributed by atoms with E-state index in [-0.39, 0.29) is 0 Å². The van der Waals surface area contributed by atoms with Gasteiger partial charge in [-0.15, -0.1) is 22.7 Å². The van der Waals surface area contributed by atoms with Crippen molar-refractivity contribution in [3.05, 3.63) is 320 Å². The Balaban J connectivity index is 0.000000113. The van der Waals surface area contributed by atoms with Gasteiger partial charge in [0.1, 0.15) is 0 Å². The van der Waals surface area contributed by atoms with Gasteiger partial charge in [-0.25, -0.2) is 0 Å². The van der Waals surface area contributed by atoms with Crippen molar-refractivity contribution in [1.82, 2.24) is 18.3 Å². The third kappa shape index (κ3) is 8.97. The first-order valence-electron chi connectivity index (χ1n) is 31.5. The Bertz CT molecular complexity index is 6350. The molecule has 0 spiro atoms. The molecular formula is C84H54BBrN4O2S2. The van der Waals surface area contributed by atoms with E-state index in [0.29, 0.717) is 5.46 Å². The SMILES string of the molecule is Brc1cc2c3ccccc3sc2c2c1c1ccccc1n2-c1ccccc1.OB(O)c1ccc2c(c1)c1ccccc1n2-c1ccccc1.c1ccc(-n2c3ccccc3c3cc(-c4cc5c6ccccc6sc5c5c4c4ccccc4n5-c4ccccc4)ccc32)cc1. The predicted octanol–water partition coefficient (Wildman–Crippen LogP) is 22.3. The fourth-order valence-electron chi connectivity index (χ4n) is 14.5. The molecule has 0 unspecified atom stereocenters. The van der Waals surface area contributed by atoms with Gasteiger partial charge in [-0.05, 0) is 132 Å². The molecule has 20 aromatic rings. The van der Waals surface area contributed by atoms with E-state index in [1.165, 1.54) is 134 Å². The first kappa shape index (κ1) is 56.0. The lowest BCUT2D eigenvalue weighted by Gasteiger charge is -2.11. The van der Waals surface area contributed by atoms with E-state index in [1.807, 2.05) is 65.1 Å². The molecule has 0 atom stereocenters. The van der Waals surface area contributed by atoms with Crippen molar-refractivity contribution in [3.8, 4) is 33.9 Å². The summed E-state index contributed by atoms with van der Waals surface area (Å²) in [6.45, 7) is 0. The molecule has 0 amide bonds. The molecule has 6 nitrogen and oxygen atoms in total. The van der Waals surface area contributed by atoms with Crippen molar-refractivity contribution in [3.63, 3.8) is 0 Å². The summed E-state index contributed by atoms with van der Waals surface area (Å²) in [4.78, 5) is 0. The molecule has 444 valence electrons. The Morgan fingerprint density at radius 3 is 1.11 bits per heavy atom. The number of rotatable bonds is 6. The van der Waals surface area contributed by atoms with Crippen LogP contribution in [0.15, 0.2) is 320 Å². The molecule has 2 N–H and O–H groups in total. The molecular weight excluding hydrogens is 1250 g/mol. The van der Waals surface area contributed by atoms with Gasteiger partial charge in [0.2, 0.25) is 0 Å². The summed E-state index contributed by atoms with van der Waals surface area (Å²) in [7, 11) is -1.46. The Labute approximate surface area is 556 Å². The zero-order chi connectivity index (χ0) is 62.5. The van der Waals surface area contributed by atoms with Crippen molar-refractivity contribution in [2.24, 2.45) is 0 Å². The van der Waals surface area contributed by atoms with Crippen LogP contribution in [0.4, 0.5) is 0 Å². The zero-order valence-electron chi connectivity index (χ0n) is 50.5. The number of fused-ring (bicyclic) bond motifs is 20. The highest BCUT2D eigenvalue weighted by atomic mass is 79.9. The smallest absolute Gasteiger partial charge is 0.423 e. The maximum Gasteiger partial charge on any atom is 0.488 e. The summed E-state index contributed by atoms with van der Waals surface area (Å²) < 4.78 is 15.9. The minimum absolute atomic E-state index is 0.503. The normalized spacial score (nSPS) is 11.8. The first-order valence-corrected chi connectivity index (χ1v) is 33.9. The van der Waals surface area contributed by atoms with Crippen LogP contribution in [-0.2, 0) is 0 Å². The van der Waals surface area contributed by atoms with Crippen LogP contribution >= 0.6 is 38.6 Å². The van der Waals surface area contributed by atoms with Gasteiger partial charge in [0.25, 0.3) is 0 Å². The van der Waals surface area contributed by atoms with Crippen molar-refractivity contribution < 1.29 is 10.0 Å². The number of thiophene rings is 2. The molecule has 0 saturated carbocycles. The molecule has 0 radical (unpaired) electrons. The van der Waals surface area contributed by atoms with Crippen LogP contribution in [0.5, 0.6) is 0 Å². The number of nitrogens with zero attached hydrogens (tertiary/aromatic N) is 4. The fourth-order valence-corrected chi connectivity index (χ4v) is 17.6. The topological polar surface area (TPSA) is 60.2 Å². The lowest BCUT2D eigenvalue weighted by Crippen LogP contribution is -2.29. The highest BCUT2D eigenvalue weighted by molar-refractivity contribution is 9.10. The summed E-state index contributed by atoms with van der Waals surface area (Å²) in [6, 6.07) is 112. The number of halogens is 1. The zero-order valence-corrected chi connectivity index (χ0v) is 53.7. The van der Waals surface area contributed by atoms with Crippen molar-refractivity contribution in [2.45, 2.75) is 0 Å². The molecule has 0 aliphatic rings. The van der Waals surface area contributed by atoms with E-state index in [2.05, 4.69) is 301 Å². The standard InChI is InChI=1S/C42H26N2S.C24H14BrNS.C18H14BNO2/c1-3-13-28(14-4-1)43-36-20-10-7-17-30(36)34-25-27(23-24-38(34)43)33-26-35-31-18-9-12-22-39(31)45-42(35)41-40(33)32-19-8-11-21-37(32)44(41)29-15-5-2-6-16-29;25-19-14-18-16-10-5-7-13-21(16)27-24(18)23-22(19)17-11-4-6-12-20(17)26(23)15-8-2-1-3-9-15;21-19(22)13-10-11-18-16(12-13)15-8-4-5-9-17(15)20(18)14-6-2-1-3-7-14/h1-26H;1-14H;1-12,21-22H. The van der Waals surface area contributed by atoms with Crippen LogP contribution in [-0.4, -0.2) is 35.4 Å². The second kappa shape index (κ2) is 22.8. The van der Waals surface area contributed by atoms with Gasteiger partial charge in [-0.3, -0.25) is 0 Å². The summed E-state index contributed by atoms with van der Waals surface area (Å²) >= 11 is 7.67. The summed E-state index contributed by atoms with van der Waals surface area (Å²) in [6.07, 6.45) is 0. The average Bonchev–Trinajstić information content (AvgIpc) is 1.56. The van der Waals surface area contributed by atoms with Crippen LogP contribution in [0.2, 0.25) is 0 Å². The largest absolute Gasteiger partial charge is 0.488 e. The van der Waals surface area contributed by atoms with Gasteiger partial charge in [-0.1, -0.05) is 216 Å². The third-order valence-electron chi connectivity index (χ3n) is 18.6. The van der Waals surface area contributed by atoms with Crippen LogP contribution in [0.3, 0.4) is 0 Å². The monoisotopic (exact) mass is 1300 g/mol. The van der Waals surface area contributed by atoms with E-state index < -0.39 is 7.12 Å². The van der Waals surface area contributed by atoms with Crippen molar-refractivity contribution in [1.29, 1.82) is 0 Å². The van der Waals surface area contributed by atoms with Gasteiger partial charge in [0.15, 0.2) is 0 Å². The van der Waals surface area contributed by atoms with Crippen LogP contribution in [0.25, 0.3) is 161 Å². The second-order valence-electron chi connectivity index (χ2n) is 23.8. The number of aromatic nitrogens is 4. The van der Waals surface area contributed by atoms with Crippen LogP contribution in [0.1, 0.15) is 0 Å². The van der Waals surface area contributed by atoms with Crippen LogP contribution < -0.4 is 5.46 Å². The molecule has 20 rings (SSSR count). The molecule has 0 fully saturated rings. The molecule has 14 aromatic carbocycles. The summed E-state index contributed by atoms with van der Waals surface area (Å²) in [5, 5.41) is 33.9. The highest BCUT2D eigenvalue weighted by Gasteiger charge is 2.25. The Hall–Kier alpha value is -10.8. The molecule has 6 aromatic heterocycles. The van der Waals surface area contributed by atoms with Gasteiger partial charge in [0, 0.05) is 101 Å². The molecule has 6 heterocycles. The quantitative estimate of drug-likeness (QED) is 0.163. The number of para-hydroxylation sites is 8. The van der Waals surface area contributed by atoms with Gasteiger partial charge in [-0.2, -0.15) is 0 Å². The summed E-state index contributed by atoms with van der Waals surface area (Å²) in [5.41, 5.74) is 17.3. The van der Waals surface area contributed by atoms with Gasteiger partial charge < -0.3 is 28.3 Å². The maximum absolute atomic E-state index is 9.43. The minimum Gasteiger partial charge on any atom is -0.423 e. The van der Waals surface area contributed by atoms with E-state index in [9.17, 15) is 10.0 Å². The van der Waals surface area contributed by atoms with Crippen molar-refractivity contribution in [2.75, 3.05) is 0 Å². The molecule has 0 aliphatic heterocycles. The number of hydrogen-bond donors (Lipinski definition) is 2. The second-order valence-corrected chi connectivity index (χ2v) is 26.8. The Morgan fingerprint density at radius 2 is 0.628 bits per heavy atom. The van der Waals surface area contributed by atoms with E-state index in [4.69, 9.17) is 0 Å². The molecule has 0 saturated heterocycles. The van der Waals surface area contributed by atoms with Gasteiger partial charge >= 0.3 is 7.12 Å². The first-order chi connectivity index (χ1) is 46.4. The molecule has 0 aliphatic carbocycles. The molecule has 10 heteroatoms. The number of benzene rings is 14. The average molecular weight is 1310 g/mol. The lowest BCUT2D eigenvalue weighted by molar-refractivity contribution is 0.426. The lowest BCUT2D eigenvalue weighted by atomic mass is 9.80. The Morgan fingerprint density at radius 1 is 0.277 bits per heavy atom. The van der Waals surface area contributed by atoms with Gasteiger partial charge in [0.05, 0.1) is 53.5 Å². The molecule has 94 heavy (non-hydrogen) atoms. The number of hydrogen-bond acceptors (Lipinski definition) is 4. The minimum atomic E-state index is -1.46. The predicted molar refractivity (Wildman–Crippen MR) is 405 cm³/mol. The van der Waals surface area contributed by atoms with E-state index in [1.54, 1.807) is 6.07 Å². The molecule has 0 bridgehead atoms. The summed E-state index contributed by atoms with van der Waals surface area (Å²) in [5.74, 6) is 0.